The molecule has 0 saturated carbocycles. The number of allylic oxidation sites excluding steroid dienone is 5. The average Bonchev–Trinajstić information content (AvgIpc) is 3.55. The molecule has 2 heteroatoms. The summed E-state index contributed by atoms with van der Waals surface area (Å²) in [6, 6.07) is 66.2. The van der Waals surface area contributed by atoms with E-state index in [4.69, 9.17) is 0 Å². The number of hydrogen-bond acceptors (Lipinski definition) is 2. The lowest BCUT2D eigenvalue weighted by atomic mass is 9.77. The Morgan fingerprint density at radius 3 is 1.79 bits per heavy atom. The van der Waals surface area contributed by atoms with Gasteiger partial charge in [0.15, 0.2) is 0 Å². The van der Waals surface area contributed by atoms with E-state index in [-0.39, 0.29) is 11.5 Å². The summed E-state index contributed by atoms with van der Waals surface area (Å²) in [5.41, 5.74) is 18.3. The molecule has 1 heterocycles. The van der Waals surface area contributed by atoms with Gasteiger partial charge in [0.25, 0.3) is 0 Å². The molecule has 0 spiro atoms. The zero-order valence-corrected chi connectivity index (χ0v) is 33.0. The van der Waals surface area contributed by atoms with Crippen molar-refractivity contribution in [1.29, 1.82) is 0 Å². The van der Waals surface area contributed by atoms with Gasteiger partial charge < -0.3 is 10.2 Å². The van der Waals surface area contributed by atoms with Crippen molar-refractivity contribution in [1.82, 2.24) is 0 Å². The molecule has 7 aromatic rings. The van der Waals surface area contributed by atoms with Crippen LogP contribution in [0.25, 0.3) is 44.5 Å². The Kier molecular flexibility index (Phi) is 9.11. The summed E-state index contributed by atoms with van der Waals surface area (Å²) >= 11 is 0. The zero-order valence-electron chi connectivity index (χ0n) is 33.0. The summed E-state index contributed by atoms with van der Waals surface area (Å²) in [5.74, 6) is 0.671. The maximum absolute atomic E-state index is 3.75. The van der Waals surface area contributed by atoms with Gasteiger partial charge in [0.05, 0.1) is 5.54 Å². The van der Waals surface area contributed by atoms with Gasteiger partial charge >= 0.3 is 0 Å². The molecule has 0 bridgehead atoms. The van der Waals surface area contributed by atoms with Crippen LogP contribution in [0.2, 0.25) is 0 Å². The number of nitrogens with zero attached hydrogens (tertiary/aromatic N) is 1. The minimum absolute atomic E-state index is 0.155. The molecule has 1 N–H and O–H groups in total. The average molecular weight is 747 g/mol. The number of nitrogens with one attached hydrogen (secondary N) is 1. The van der Waals surface area contributed by atoms with Crippen LogP contribution in [0.4, 0.5) is 17.1 Å². The Morgan fingerprint density at radius 2 is 1.09 bits per heavy atom. The summed E-state index contributed by atoms with van der Waals surface area (Å²) in [6.07, 6.45) is 12.8. The molecule has 0 fully saturated rings. The molecule has 10 rings (SSSR count). The Morgan fingerprint density at radius 1 is 0.534 bits per heavy atom. The largest absolute Gasteiger partial charge is 0.355 e. The molecule has 0 aromatic heterocycles. The van der Waals surface area contributed by atoms with Crippen molar-refractivity contribution < 1.29 is 0 Å². The Labute approximate surface area is 342 Å². The number of benzene rings is 7. The number of para-hydroxylation sites is 1. The Bertz CT molecular complexity index is 2720. The molecule has 7 aromatic carbocycles. The summed E-state index contributed by atoms with van der Waals surface area (Å²) in [7, 11) is 0. The van der Waals surface area contributed by atoms with Crippen LogP contribution in [0.15, 0.2) is 218 Å². The highest BCUT2D eigenvalue weighted by atomic mass is 15.2. The quantitative estimate of drug-likeness (QED) is 0.167. The van der Waals surface area contributed by atoms with Crippen molar-refractivity contribution in [2.75, 3.05) is 10.2 Å². The predicted molar refractivity (Wildman–Crippen MR) is 246 cm³/mol. The zero-order chi connectivity index (χ0) is 39.1. The second kappa shape index (κ2) is 14.9. The molecule has 2 nitrogen and oxygen atoms in total. The van der Waals surface area contributed by atoms with Crippen LogP contribution in [-0.4, -0.2) is 5.54 Å². The molecular formula is C56H46N2. The van der Waals surface area contributed by atoms with E-state index < -0.39 is 0 Å². The third-order valence-corrected chi connectivity index (χ3v) is 12.3. The third kappa shape index (κ3) is 6.61. The van der Waals surface area contributed by atoms with E-state index in [1.165, 1.54) is 78.3 Å². The second-order valence-corrected chi connectivity index (χ2v) is 16.1. The van der Waals surface area contributed by atoms with Crippen LogP contribution in [-0.2, 0) is 0 Å². The highest BCUT2D eigenvalue weighted by Gasteiger charge is 2.47. The molecule has 0 saturated heterocycles. The number of rotatable bonds is 8. The second-order valence-electron chi connectivity index (χ2n) is 16.1. The van der Waals surface area contributed by atoms with E-state index >= 15 is 0 Å². The first-order valence-electron chi connectivity index (χ1n) is 20.5. The topological polar surface area (TPSA) is 15.3 Å². The van der Waals surface area contributed by atoms with Crippen molar-refractivity contribution in [3.63, 3.8) is 0 Å². The fourth-order valence-corrected chi connectivity index (χ4v) is 9.17. The van der Waals surface area contributed by atoms with Crippen LogP contribution in [0, 0.1) is 5.92 Å². The van der Waals surface area contributed by atoms with Gasteiger partial charge in [-0.15, -0.1) is 0 Å². The lowest BCUT2D eigenvalue weighted by Crippen LogP contribution is -2.42. The first kappa shape index (κ1) is 35.5. The van der Waals surface area contributed by atoms with E-state index in [0.29, 0.717) is 5.92 Å². The van der Waals surface area contributed by atoms with Crippen LogP contribution in [0.1, 0.15) is 42.9 Å². The fourth-order valence-electron chi connectivity index (χ4n) is 9.17. The van der Waals surface area contributed by atoms with Gasteiger partial charge in [-0.2, -0.15) is 0 Å². The molecule has 3 unspecified atom stereocenters. The monoisotopic (exact) mass is 746 g/mol. The van der Waals surface area contributed by atoms with Gasteiger partial charge in [0.1, 0.15) is 0 Å². The highest BCUT2D eigenvalue weighted by molar-refractivity contribution is 5.87. The first-order valence-corrected chi connectivity index (χ1v) is 20.5. The molecule has 0 radical (unpaired) electrons. The molecule has 3 aliphatic rings. The van der Waals surface area contributed by atoms with E-state index in [1.54, 1.807) is 0 Å². The van der Waals surface area contributed by atoms with Gasteiger partial charge in [-0.1, -0.05) is 171 Å². The SMILES string of the molecule is CC1C=CC(Nc2ccc(C3=CC4c5cc(-c6cccc(-c7ccc(-c8ccccc8)cc7)c6)ccc5N(c5ccccc5)C4(C)C=C3)cc2)=C(c2ccccc2)C1. The van der Waals surface area contributed by atoms with Crippen LogP contribution in [0.3, 0.4) is 0 Å². The van der Waals surface area contributed by atoms with Gasteiger partial charge in [-0.3, -0.25) is 0 Å². The summed E-state index contributed by atoms with van der Waals surface area (Å²) in [6.45, 7) is 4.67. The van der Waals surface area contributed by atoms with E-state index in [0.717, 1.165) is 12.1 Å². The van der Waals surface area contributed by atoms with E-state index in [1.807, 2.05) is 0 Å². The molecule has 280 valence electrons. The lowest BCUT2D eigenvalue weighted by Gasteiger charge is -2.40. The fraction of sp³-hybridized carbons (Fsp3) is 0.107. The maximum Gasteiger partial charge on any atom is 0.0712 e. The number of fused-ring (bicyclic) bond motifs is 3. The smallest absolute Gasteiger partial charge is 0.0712 e. The van der Waals surface area contributed by atoms with E-state index in [9.17, 15) is 0 Å². The number of hydrogen-bond donors (Lipinski definition) is 1. The summed E-state index contributed by atoms with van der Waals surface area (Å²) < 4.78 is 0. The van der Waals surface area contributed by atoms with Crippen molar-refractivity contribution in [2.45, 2.75) is 31.7 Å². The molecular weight excluding hydrogens is 701 g/mol. The van der Waals surface area contributed by atoms with Crippen molar-refractivity contribution in [2.24, 2.45) is 5.92 Å². The van der Waals surface area contributed by atoms with E-state index in [2.05, 4.69) is 236 Å². The first-order chi connectivity index (χ1) is 28.5. The normalized spacial score (nSPS) is 19.4. The predicted octanol–water partition coefficient (Wildman–Crippen LogP) is 14.8. The van der Waals surface area contributed by atoms with Crippen LogP contribution < -0.4 is 10.2 Å². The minimum atomic E-state index is -0.263. The van der Waals surface area contributed by atoms with Crippen molar-refractivity contribution >= 4 is 28.2 Å². The molecule has 2 aliphatic carbocycles. The Hall–Kier alpha value is -6.90. The number of anilines is 3. The molecule has 1 aliphatic heterocycles. The third-order valence-electron chi connectivity index (χ3n) is 12.3. The highest BCUT2D eigenvalue weighted by Crippen LogP contribution is 2.56. The van der Waals surface area contributed by atoms with Crippen LogP contribution >= 0.6 is 0 Å². The molecule has 0 amide bonds. The summed E-state index contributed by atoms with van der Waals surface area (Å²) in [4.78, 5) is 2.54. The molecule has 3 atom stereocenters. The lowest BCUT2D eigenvalue weighted by molar-refractivity contribution is 0.544. The maximum atomic E-state index is 3.75. The van der Waals surface area contributed by atoms with Crippen LogP contribution in [0.5, 0.6) is 0 Å². The van der Waals surface area contributed by atoms with Gasteiger partial charge in [-0.25, -0.2) is 0 Å². The molecule has 58 heavy (non-hydrogen) atoms. The standard InChI is InChI=1S/C56H46N2/c1-39-21-31-54(51(35-39)44-15-8-4-9-16-44)57-49-29-26-43(27-30-49)48-33-34-56(2)53(38-48)52-37-47(28-32-55(52)58(56)50-19-10-5-11-20-50)46-18-12-17-45(36-46)42-24-22-41(23-25-42)40-13-6-3-7-14-40/h3-34,36-39,53,57H,35H2,1-2H3. The summed E-state index contributed by atoms with van der Waals surface area (Å²) in [5, 5.41) is 3.75. The van der Waals surface area contributed by atoms with Gasteiger partial charge in [0, 0.05) is 28.7 Å². The van der Waals surface area contributed by atoms with Crippen molar-refractivity contribution in [3.05, 3.63) is 235 Å². The minimum Gasteiger partial charge on any atom is -0.355 e. The van der Waals surface area contributed by atoms with Gasteiger partial charge in [0.2, 0.25) is 0 Å². The van der Waals surface area contributed by atoms with Crippen molar-refractivity contribution in [3.8, 4) is 33.4 Å². The van der Waals surface area contributed by atoms with Gasteiger partial charge in [-0.05, 0) is 129 Å². The Balaban J connectivity index is 0.973.